The van der Waals surface area contributed by atoms with Crippen molar-refractivity contribution in [2.75, 3.05) is 5.32 Å². The van der Waals surface area contributed by atoms with Crippen LogP contribution in [0, 0.1) is 0 Å². The minimum Gasteiger partial charge on any atom is -0.342 e. The first-order valence-corrected chi connectivity index (χ1v) is 8.65. The van der Waals surface area contributed by atoms with E-state index >= 15 is 0 Å². The summed E-state index contributed by atoms with van der Waals surface area (Å²) in [5.74, 6) is 0. The molecular formula is C21H19N5O. The van der Waals surface area contributed by atoms with Crippen molar-refractivity contribution in [3.63, 3.8) is 0 Å². The smallest absolute Gasteiger partial charge is 0.319 e. The molecule has 0 aliphatic heterocycles. The number of aromatic nitrogens is 3. The number of carbonyl (C=O) groups is 1. The van der Waals surface area contributed by atoms with Gasteiger partial charge in [-0.3, -0.25) is 9.97 Å². The fourth-order valence-electron chi connectivity index (χ4n) is 3.05. The lowest BCUT2D eigenvalue weighted by molar-refractivity contribution is 0.251. The van der Waals surface area contributed by atoms with Crippen LogP contribution in [-0.2, 0) is 13.6 Å². The van der Waals surface area contributed by atoms with Crippen LogP contribution in [0.5, 0.6) is 0 Å². The fourth-order valence-corrected chi connectivity index (χ4v) is 3.05. The number of aryl methyl sites for hydroxylation is 1. The van der Waals surface area contributed by atoms with Crippen molar-refractivity contribution < 1.29 is 4.79 Å². The third-order valence-corrected chi connectivity index (χ3v) is 4.43. The molecule has 134 valence electrons. The Balaban J connectivity index is 1.51. The fraction of sp³-hybridized carbons (Fsp3) is 0.0952. The summed E-state index contributed by atoms with van der Waals surface area (Å²) in [4.78, 5) is 20.6. The molecule has 6 heteroatoms. The summed E-state index contributed by atoms with van der Waals surface area (Å²) >= 11 is 0. The number of rotatable bonds is 4. The third kappa shape index (κ3) is 3.64. The minimum atomic E-state index is -0.243. The topological polar surface area (TPSA) is 71.8 Å². The van der Waals surface area contributed by atoms with E-state index in [9.17, 15) is 4.79 Å². The van der Waals surface area contributed by atoms with E-state index in [1.165, 1.54) is 0 Å². The molecule has 0 fully saturated rings. The van der Waals surface area contributed by atoms with Crippen molar-refractivity contribution in [2.24, 2.45) is 7.05 Å². The Morgan fingerprint density at radius 3 is 2.67 bits per heavy atom. The molecule has 0 aliphatic rings. The average molecular weight is 357 g/mol. The molecule has 3 heterocycles. The summed E-state index contributed by atoms with van der Waals surface area (Å²) in [6.07, 6.45) is 5.20. The van der Waals surface area contributed by atoms with Gasteiger partial charge in [-0.2, -0.15) is 0 Å². The molecule has 0 bridgehead atoms. The van der Waals surface area contributed by atoms with Gasteiger partial charge >= 0.3 is 6.03 Å². The number of nitrogens with zero attached hydrogens (tertiary/aromatic N) is 3. The second kappa shape index (κ2) is 7.29. The molecule has 6 nitrogen and oxygen atoms in total. The first kappa shape index (κ1) is 16.8. The lowest BCUT2D eigenvalue weighted by Crippen LogP contribution is -2.28. The highest BCUT2D eigenvalue weighted by Gasteiger charge is 2.10. The zero-order chi connectivity index (χ0) is 18.6. The number of anilines is 1. The molecule has 0 radical (unpaired) electrons. The molecule has 27 heavy (non-hydrogen) atoms. The third-order valence-electron chi connectivity index (χ3n) is 4.43. The molecule has 1 aromatic carbocycles. The van der Waals surface area contributed by atoms with Crippen LogP contribution in [0.25, 0.3) is 22.3 Å². The number of nitrogens with one attached hydrogen (secondary N) is 2. The minimum absolute atomic E-state index is 0.243. The summed E-state index contributed by atoms with van der Waals surface area (Å²) in [7, 11) is 2.01. The first-order valence-electron chi connectivity index (χ1n) is 8.65. The summed E-state index contributed by atoms with van der Waals surface area (Å²) in [6.45, 7) is 0.450. The van der Waals surface area contributed by atoms with E-state index < -0.39 is 0 Å². The van der Waals surface area contributed by atoms with Crippen molar-refractivity contribution in [3.8, 4) is 11.4 Å². The van der Waals surface area contributed by atoms with Crippen LogP contribution < -0.4 is 10.6 Å². The van der Waals surface area contributed by atoms with E-state index in [0.717, 1.165) is 33.5 Å². The Morgan fingerprint density at radius 2 is 1.89 bits per heavy atom. The van der Waals surface area contributed by atoms with E-state index in [4.69, 9.17) is 0 Å². The average Bonchev–Trinajstić information content (AvgIpc) is 3.04. The molecule has 2 N–H and O–H groups in total. The van der Waals surface area contributed by atoms with Gasteiger partial charge in [-0.25, -0.2) is 4.79 Å². The normalized spacial score (nSPS) is 10.7. The molecule has 0 saturated carbocycles. The summed E-state index contributed by atoms with van der Waals surface area (Å²) < 4.78 is 2.10. The van der Waals surface area contributed by atoms with Crippen molar-refractivity contribution in [2.45, 2.75) is 6.54 Å². The molecule has 0 spiro atoms. The van der Waals surface area contributed by atoms with Gasteiger partial charge in [0.05, 0.1) is 11.4 Å². The number of hydrogen-bond acceptors (Lipinski definition) is 3. The Hall–Kier alpha value is -3.67. The van der Waals surface area contributed by atoms with Crippen molar-refractivity contribution >= 4 is 22.6 Å². The van der Waals surface area contributed by atoms with Gasteiger partial charge in [-0.1, -0.05) is 6.07 Å². The van der Waals surface area contributed by atoms with Crippen molar-refractivity contribution in [3.05, 3.63) is 78.8 Å². The Kier molecular flexibility index (Phi) is 4.53. The van der Waals surface area contributed by atoms with Gasteiger partial charge in [0, 0.05) is 48.8 Å². The number of pyridine rings is 2. The maximum atomic E-state index is 12.2. The zero-order valence-electron chi connectivity index (χ0n) is 14.9. The van der Waals surface area contributed by atoms with Gasteiger partial charge in [0.25, 0.3) is 0 Å². The number of benzene rings is 1. The molecule has 0 unspecified atom stereocenters. The van der Waals surface area contributed by atoms with Crippen LogP contribution in [0.3, 0.4) is 0 Å². The van der Waals surface area contributed by atoms with E-state index in [-0.39, 0.29) is 6.03 Å². The molecule has 3 aromatic heterocycles. The van der Waals surface area contributed by atoms with Crippen LogP contribution in [0.2, 0.25) is 0 Å². The largest absolute Gasteiger partial charge is 0.342 e. The molecule has 0 atom stereocenters. The molecular weight excluding hydrogens is 338 g/mol. The van der Waals surface area contributed by atoms with Gasteiger partial charge in [0.2, 0.25) is 0 Å². The van der Waals surface area contributed by atoms with Crippen molar-refractivity contribution in [1.82, 2.24) is 19.9 Å². The number of hydrogen-bond donors (Lipinski definition) is 2. The second-order valence-electron chi connectivity index (χ2n) is 6.24. The quantitative estimate of drug-likeness (QED) is 0.581. The maximum Gasteiger partial charge on any atom is 0.319 e. The van der Waals surface area contributed by atoms with E-state index in [1.54, 1.807) is 18.6 Å². The predicted octanol–water partition coefficient (Wildman–Crippen LogP) is 3.96. The summed E-state index contributed by atoms with van der Waals surface area (Å²) in [6, 6.07) is 17.3. The summed E-state index contributed by atoms with van der Waals surface area (Å²) in [5, 5.41) is 6.77. The first-order chi connectivity index (χ1) is 13.2. The molecule has 0 saturated heterocycles. The zero-order valence-corrected chi connectivity index (χ0v) is 14.9. The molecule has 4 aromatic rings. The molecule has 0 aliphatic carbocycles. The standard InChI is InChI=1S/C21H19N5O/c1-26-19-6-5-17(25-21(27)24-14-15-7-10-22-11-8-15)12-16(19)13-20(26)18-4-2-3-9-23-18/h2-13H,14H2,1H3,(H2,24,25,27). The van der Waals surface area contributed by atoms with Crippen LogP contribution >= 0.6 is 0 Å². The Labute approximate surface area is 156 Å². The van der Waals surface area contributed by atoms with Crippen LogP contribution in [-0.4, -0.2) is 20.6 Å². The number of fused-ring (bicyclic) bond motifs is 1. The Morgan fingerprint density at radius 1 is 1.04 bits per heavy atom. The maximum absolute atomic E-state index is 12.2. The predicted molar refractivity (Wildman–Crippen MR) is 106 cm³/mol. The van der Waals surface area contributed by atoms with Gasteiger partial charge in [0.15, 0.2) is 0 Å². The van der Waals surface area contributed by atoms with Gasteiger partial charge in [-0.05, 0) is 54.1 Å². The summed E-state index contributed by atoms with van der Waals surface area (Å²) in [5.41, 5.74) is 4.77. The van der Waals surface area contributed by atoms with Gasteiger partial charge in [-0.15, -0.1) is 0 Å². The second-order valence-corrected chi connectivity index (χ2v) is 6.24. The van der Waals surface area contributed by atoms with Crippen LogP contribution in [0.1, 0.15) is 5.56 Å². The SMILES string of the molecule is Cn1c(-c2ccccn2)cc2cc(NC(=O)NCc3ccncc3)ccc21. The van der Waals surface area contributed by atoms with E-state index in [0.29, 0.717) is 6.54 Å². The number of amides is 2. The highest BCUT2D eigenvalue weighted by Crippen LogP contribution is 2.27. The lowest BCUT2D eigenvalue weighted by Gasteiger charge is -2.08. The van der Waals surface area contributed by atoms with E-state index in [1.807, 2.05) is 55.6 Å². The van der Waals surface area contributed by atoms with Gasteiger partial charge < -0.3 is 15.2 Å². The lowest BCUT2D eigenvalue weighted by atomic mass is 10.2. The van der Waals surface area contributed by atoms with Gasteiger partial charge in [0.1, 0.15) is 0 Å². The van der Waals surface area contributed by atoms with Crippen LogP contribution in [0.15, 0.2) is 73.2 Å². The molecule has 2 amide bonds. The highest BCUT2D eigenvalue weighted by molar-refractivity contribution is 5.94. The number of carbonyl (C=O) groups excluding carboxylic acids is 1. The van der Waals surface area contributed by atoms with Crippen LogP contribution in [0.4, 0.5) is 10.5 Å². The number of urea groups is 1. The van der Waals surface area contributed by atoms with Crippen molar-refractivity contribution in [1.29, 1.82) is 0 Å². The monoisotopic (exact) mass is 357 g/mol. The Bertz CT molecular complexity index is 1070. The highest BCUT2D eigenvalue weighted by atomic mass is 16.2. The van der Waals surface area contributed by atoms with E-state index in [2.05, 4.69) is 31.2 Å². The molecule has 4 rings (SSSR count).